The van der Waals surface area contributed by atoms with E-state index in [0.717, 1.165) is 5.56 Å². The molecule has 0 aliphatic heterocycles. The molecule has 1 N–H and O–H groups in total. The molecule has 1 aromatic rings. The second-order valence-electron chi connectivity index (χ2n) is 3.57. The summed E-state index contributed by atoms with van der Waals surface area (Å²) in [6.45, 7) is 4.18. The van der Waals surface area contributed by atoms with Gasteiger partial charge in [-0.2, -0.15) is 0 Å². The lowest BCUT2D eigenvalue weighted by atomic mass is 10.2. The smallest absolute Gasteiger partial charge is 0.230 e. The molecular formula is C11H16N2O2. The lowest BCUT2D eigenvalue weighted by Gasteiger charge is -2.10. The Morgan fingerprint density at radius 1 is 1.60 bits per heavy atom. The fourth-order valence-electron chi connectivity index (χ4n) is 1.12. The van der Waals surface area contributed by atoms with Gasteiger partial charge in [0.1, 0.15) is 5.82 Å². The molecule has 1 heterocycles. The minimum Gasteiger partial charge on any atom is -0.384 e. The van der Waals surface area contributed by atoms with Crippen LogP contribution in [-0.4, -0.2) is 24.6 Å². The molecule has 0 aromatic carbocycles. The van der Waals surface area contributed by atoms with E-state index in [4.69, 9.17) is 4.74 Å². The minimum atomic E-state index is -0.168. The number of carbonyl (C=O) groups is 1. The lowest BCUT2D eigenvalue weighted by Crippen LogP contribution is -2.24. The molecule has 0 aliphatic carbocycles. The Morgan fingerprint density at radius 3 is 2.87 bits per heavy atom. The Bertz CT molecular complexity index is 322. The van der Waals surface area contributed by atoms with Crippen molar-refractivity contribution in [3.05, 3.63) is 23.9 Å². The highest BCUT2D eigenvalue weighted by Crippen LogP contribution is 2.06. The first kappa shape index (κ1) is 11.7. The van der Waals surface area contributed by atoms with Crippen LogP contribution in [0.4, 0.5) is 5.82 Å². The van der Waals surface area contributed by atoms with Crippen molar-refractivity contribution in [1.82, 2.24) is 4.98 Å². The topological polar surface area (TPSA) is 51.2 Å². The maximum Gasteiger partial charge on any atom is 0.230 e. The number of aromatic nitrogens is 1. The molecule has 1 amide bonds. The van der Waals surface area contributed by atoms with E-state index in [2.05, 4.69) is 10.3 Å². The van der Waals surface area contributed by atoms with E-state index >= 15 is 0 Å². The first-order valence-corrected chi connectivity index (χ1v) is 4.86. The highest BCUT2D eigenvalue weighted by Gasteiger charge is 2.12. The number of methoxy groups -OCH3 is 1. The summed E-state index contributed by atoms with van der Waals surface area (Å²) in [4.78, 5) is 15.6. The normalized spacial score (nSPS) is 12.2. The second kappa shape index (κ2) is 5.46. The van der Waals surface area contributed by atoms with Crippen LogP contribution in [0.15, 0.2) is 18.3 Å². The standard InChI is InChI=1S/C11H16N2O2/c1-8-4-5-10(12-6-8)13-11(14)9(2)7-15-3/h4-6,9H,7H2,1-3H3,(H,12,13,14). The van der Waals surface area contributed by atoms with Gasteiger partial charge in [-0.25, -0.2) is 4.98 Å². The summed E-state index contributed by atoms with van der Waals surface area (Å²) in [6, 6.07) is 3.69. The number of nitrogens with one attached hydrogen (secondary N) is 1. The molecule has 0 aliphatic rings. The van der Waals surface area contributed by atoms with E-state index < -0.39 is 0 Å². The van der Waals surface area contributed by atoms with E-state index in [-0.39, 0.29) is 11.8 Å². The third-order valence-electron chi connectivity index (χ3n) is 2.03. The van der Waals surface area contributed by atoms with Crippen LogP contribution in [0.3, 0.4) is 0 Å². The number of amides is 1. The summed E-state index contributed by atoms with van der Waals surface area (Å²) >= 11 is 0. The first-order valence-electron chi connectivity index (χ1n) is 4.86. The van der Waals surface area contributed by atoms with Gasteiger partial charge < -0.3 is 10.1 Å². The van der Waals surface area contributed by atoms with Crippen LogP contribution in [0.2, 0.25) is 0 Å². The van der Waals surface area contributed by atoms with Gasteiger partial charge in [0.2, 0.25) is 5.91 Å². The van der Waals surface area contributed by atoms with Crippen molar-refractivity contribution in [3.8, 4) is 0 Å². The van der Waals surface area contributed by atoms with Gasteiger partial charge in [0.25, 0.3) is 0 Å². The van der Waals surface area contributed by atoms with Gasteiger partial charge in [0.05, 0.1) is 12.5 Å². The van der Waals surface area contributed by atoms with E-state index in [1.165, 1.54) is 0 Å². The summed E-state index contributed by atoms with van der Waals surface area (Å²) in [6.07, 6.45) is 1.72. The molecule has 1 aromatic heterocycles. The Hall–Kier alpha value is -1.42. The molecule has 0 radical (unpaired) electrons. The zero-order valence-electron chi connectivity index (χ0n) is 9.28. The van der Waals surface area contributed by atoms with Crippen molar-refractivity contribution >= 4 is 11.7 Å². The van der Waals surface area contributed by atoms with Crippen molar-refractivity contribution in [3.63, 3.8) is 0 Å². The molecule has 0 spiro atoms. The molecule has 0 saturated heterocycles. The number of anilines is 1. The molecular weight excluding hydrogens is 192 g/mol. The van der Waals surface area contributed by atoms with Crippen LogP contribution in [0.5, 0.6) is 0 Å². The largest absolute Gasteiger partial charge is 0.384 e. The molecule has 4 heteroatoms. The summed E-state index contributed by atoms with van der Waals surface area (Å²) in [5, 5.41) is 2.72. The molecule has 0 bridgehead atoms. The summed E-state index contributed by atoms with van der Waals surface area (Å²) in [5.74, 6) is 0.333. The maximum absolute atomic E-state index is 11.6. The second-order valence-corrected chi connectivity index (χ2v) is 3.57. The molecule has 1 rings (SSSR count). The highest BCUT2D eigenvalue weighted by atomic mass is 16.5. The molecule has 15 heavy (non-hydrogen) atoms. The predicted molar refractivity (Wildman–Crippen MR) is 58.6 cm³/mol. The van der Waals surface area contributed by atoms with Crippen LogP contribution >= 0.6 is 0 Å². The van der Waals surface area contributed by atoms with Gasteiger partial charge in [-0.15, -0.1) is 0 Å². The third kappa shape index (κ3) is 3.67. The fraction of sp³-hybridized carbons (Fsp3) is 0.455. The van der Waals surface area contributed by atoms with Gasteiger partial charge in [-0.05, 0) is 18.6 Å². The summed E-state index contributed by atoms with van der Waals surface area (Å²) in [7, 11) is 1.58. The van der Waals surface area contributed by atoms with Gasteiger partial charge in [-0.1, -0.05) is 13.0 Å². The average Bonchev–Trinajstić information content (AvgIpc) is 2.22. The van der Waals surface area contributed by atoms with Crippen molar-refractivity contribution in [2.45, 2.75) is 13.8 Å². The van der Waals surface area contributed by atoms with E-state index in [1.54, 1.807) is 19.4 Å². The third-order valence-corrected chi connectivity index (χ3v) is 2.03. The molecule has 1 unspecified atom stereocenters. The number of aryl methyl sites for hydroxylation is 1. The zero-order valence-corrected chi connectivity index (χ0v) is 9.28. The number of nitrogens with zero attached hydrogens (tertiary/aromatic N) is 1. The molecule has 0 fully saturated rings. The number of hydrogen-bond acceptors (Lipinski definition) is 3. The average molecular weight is 208 g/mol. The SMILES string of the molecule is COCC(C)C(=O)Nc1ccc(C)cn1. The first-order chi connectivity index (χ1) is 7.13. The van der Waals surface area contributed by atoms with Crippen molar-refractivity contribution in [2.75, 3.05) is 19.0 Å². The number of carbonyl (C=O) groups excluding carboxylic acids is 1. The van der Waals surface area contributed by atoms with Crippen LogP contribution < -0.4 is 5.32 Å². The van der Waals surface area contributed by atoms with Gasteiger partial charge in [0, 0.05) is 13.3 Å². The Labute approximate surface area is 89.7 Å². The number of pyridine rings is 1. The van der Waals surface area contributed by atoms with Gasteiger partial charge in [0.15, 0.2) is 0 Å². The molecule has 82 valence electrons. The van der Waals surface area contributed by atoms with Gasteiger partial charge >= 0.3 is 0 Å². The molecule has 1 atom stereocenters. The van der Waals surface area contributed by atoms with Crippen LogP contribution in [-0.2, 0) is 9.53 Å². The maximum atomic E-state index is 11.6. The van der Waals surface area contributed by atoms with E-state index in [9.17, 15) is 4.79 Å². The van der Waals surface area contributed by atoms with E-state index in [0.29, 0.717) is 12.4 Å². The quantitative estimate of drug-likeness (QED) is 0.817. The minimum absolute atomic E-state index is 0.0757. The summed E-state index contributed by atoms with van der Waals surface area (Å²) in [5.41, 5.74) is 1.07. The molecule has 0 saturated carbocycles. The predicted octanol–water partition coefficient (Wildman–Crippen LogP) is 1.61. The van der Waals surface area contributed by atoms with Crippen molar-refractivity contribution in [2.24, 2.45) is 5.92 Å². The Balaban J connectivity index is 2.54. The van der Waals surface area contributed by atoms with Crippen LogP contribution in [0.25, 0.3) is 0 Å². The number of ether oxygens (including phenoxy) is 1. The van der Waals surface area contributed by atoms with E-state index in [1.807, 2.05) is 19.9 Å². The highest BCUT2D eigenvalue weighted by molar-refractivity contribution is 5.91. The molecule has 4 nitrogen and oxygen atoms in total. The van der Waals surface area contributed by atoms with Crippen LogP contribution in [0.1, 0.15) is 12.5 Å². The summed E-state index contributed by atoms with van der Waals surface area (Å²) < 4.78 is 4.90. The Morgan fingerprint density at radius 2 is 2.33 bits per heavy atom. The number of rotatable bonds is 4. The lowest BCUT2D eigenvalue weighted by molar-refractivity contribution is -0.120. The van der Waals surface area contributed by atoms with Crippen molar-refractivity contribution in [1.29, 1.82) is 0 Å². The fourth-order valence-corrected chi connectivity index (χ4v) is 1.12. The van der Waals surface area contributed by atoms with Crippen LogP contribution in [0, 0.1) is 12.8 Å². The van der Waals surface area contributed by atoms with Crippen molar-refractivity contribution < 1.29 is 9.53 Å². The number of hydrogen-bond donors (Lipinski definition) is 1. The Kier molecular flexibility index (Phi) is 4.24. The zero-order chi connectivity index (χ0) is 11.3. The monoisotopic (exact) mass is 208 g/mol. The van der Waals surface area contributed by atoms with Gasteiger partial charge in [-0.3, -0.25) is 4.79 Å².